The van der Waals surface area contributed by atoms with Crippen molar-refractivity contribution in [3.8, 4) is 0 Å². The van der Waals surface area contributed by atoms with E-state index in [0.29, 0.717) is 13.1 Å². The Balaban J connectivity index is 0.00000196. The highest BCUT2D eigenvalue weighted by Crippen LogP contribution is 2.20. The average molecular weight is 452 g/mol. The number of carbonyl (C=O) groups is 2. The molecule has 2 amide bonds. The third-order valence-corrected chi connectivity index (χ3v) is 6.13. The van der Waals surface area contributed by atoms with E-state index >= 15 is 0 Å². The Morgan fingerprint density at radius 2 is 1.82 bits per heavy atom. The smallest absolute Gasteiger partial charge is 0.227 e. The number of nitrogens with two attached hydrogens (primary N) is 1. The maximum atomic E-state index is 13.0. The molecule has 160 valence electrons. The molecule has 28 heavy (non-hydrogen) atoms. The summed E-state index contributed by atoms with van der Waals surface area (Å²) in [5.41, 5.74) is 7.18. The highest BCUT2D eigenvalue weighted by atomic mass is 35.5. The molecule has 2 fully saturated rings. The zero-order valence-electron chi connectivity index (χ0n) is 16.5. The van der Waals surface area contributed by atoms with Crippen molar-refractivity contribution in [1.82, 2.24) is 19.7 Å². The molecule has 0 aliphatic carbocycles. The molecule has 3 heterocycles. The van der Waals surface area contributed by atoms with Crippen LogP contribution in [0.25, 0.3) is 0 Å². The van der Waals surface area contributed by atoms with Crippen LogP contribution >= 0.6 is 36.2 Å². The van der Waals surface area contributed by atoms with Gasteiger partial charge in [-0.15, -0.1) is 36.2 Å². The van der Waals surface area contributed by atoms with Gasteiger partial charge in [0, 0.05) is 64.2 Å². The molecule has 0 spiro atoms. The molecule has 0 bridgehead atoms. The lowest BCUT2D eigenvalue weighted by Crippen LogP contribution is -2.51. The Kier molecular flexibility index (Phi) is 10.1. The number of carbonyl (C=O) groups excluding carboxylic acids is 2. The quantitative estimate of drug-likeness (QED) is 0.752. The molecule has 10 heteroatoms. The van der Waals surface area contributed by atoms with Crippen LogP contribution in [0.4, 0.5) is 0 Å². The molecule has 3 rings (SSSR count). The molecule has 2 aliphatic rings. The first-order chi connectivity index (χ1) is 12.4. The van der Waals surface area contributed by atoms with Gasteiger partial charge >= 0.3 is 0 Å². The summed E-state index contributed by atoms with van der Waals surface area (Å²) >= 11 is 1.68. The molecule has 1 aromatic heterocycles. The largest absolute Gasteiger partial charge is 0.341 e. The Hall–Kier alpha value is -0.930. The van der Waals surface area contributed by atoms with Crippen molar-refractivity contribution in [3.63, 3.8) is 0 Å². The predicted molar refractivity (Wildman–Crippen MR) is 116 cm³/mol. The van der Waals surface area contributed by atoms with E-state index in [2.05, 4.69) is 15.3 Å². The topological polar surface area (TPSA) is 82.8 Å². The summed E-state index contributed by atoms with van der Waals surface area (Å²) in [7, 11) is 0. The van der Waals surface area contributed by atoms with Gasteiger partial charge in [0.15, 0.2) is 0 Å². The highest BCUT2D eigenvalue weighted by Gasteiger charge is 2.32. The number of thiazole rings is 1. The van der Waals surface area contributed by atoms with E-state index < -0.39 is 0 Å². The van der Waals surface area contributed by atoms with Crippen molar-refractivity contribution in [1.29, 1.82) is 0 Å². The summed E-state index contributed by atoms with van der Waals surface area (Å²) < 4.78 is 0. The first-order valence-electron chi connectivity index (χ1n) is 9.35. The van der Waals surface area contributed by atoms with Gasteiger partial charge in [-0.3, -0.25) is 14.5 Å². The third kappa shape index (κ3) is 6.56. The fraction of sp³-hybridized carbons (Fsp3) is 0.722. The molecule has 2 atom stereocenters. The maximum Gasteiger partial charge on any atom is 0.227 e. The molecule has 0 unspecified atom stereocenters. The van der Waals surface area contributed by atoms with Crippen molar-refractivity contribution in [2.45, 2.75) is 39.3 Å². The van der Waals surface area contributed by atoms with E-state index in [9.17, 15) is 9.59 Å². The summed E-state index contributed by atoms with van der Waals surface area (Å²) in [6.45, 7) is 8.69. The van der Waals surface area contributed by atoms with E-state index in [1.54, 1.807) is 23.2 Å². The van der Waals surface area contributed by atoms with Crippen LogP contribution in [0.1, 0.15) is 30.5 Å². The van der Waals surface area contributed by atoms with Crippen molar-refractivity contribution in [2.24, 2.45) is 11.7 Å². The van der Waals surface area contributed by atoms with Crippen LogP contribution in [0.2, 0.25) is 0 Å². The van der Waals surface area contributed by atoms with Gasteiger partial charge in [-0.2, -0.15) is 0 Å². The number of aryl methyl sites for hydroxylation is 1. The monoisotopic (exact) mass is 451 g/mol. The molecule has 2 saturated heterocycles. The summed E-state index contributed by atoms with van der Waals surface area (Å²) in [5.74, 6) is 0.0539. The molecule has 7 nitrogen and oxygen atoms in total. The second-order valence-electron chi connectivity index (χ2n) is 7.42. The fourth-order valence-electron chi connectivity index (χ4n) is 3.77. The first kappa shape index (κ1) is 25.1. The highest BCUT2D eigenvalue weighted by molar-refractivity contribution is 7.09. The third-order valence-electron chi connectivity index (χ3n) is 5.31. The lowest BCUT2D eigenvalue weighted by Gasteiger charge is -2.36. The fourth-order valence-corrected chi connectivity index (χ4v) is 4.38. The van der Waals surface area contributed by atoms with Gasteiger partial charge in [0.2, 0.25) is 11.8 Å². The lowest BCUT2D eigenvalue weighted by molar-refractivity contribution is -0.139. The van der Waals surface area contributed by atoms with Crippen molar-refractivity contribution in [3.05, 3.63) is 16.1 Å². The average Bonchev–Trinajstić information content (AvgIpc) is 2.90. The number of halogens is 2. The van der Waals surface area contributed by atoms with Crippen LogP contribution in [0, 0.1) is 12.8 Å². The molecular formula is C18H31Cl2N5O2S. The van der Waals surface area contributed by atoms with Gasteiger partial charge in [0.1, 0.15) is 0 Å². The van der Waals surface area contributed by atoms with Crippen LogP contribution in [0.15, 0.2) is 5.38 Å². The molecule has 0 aromatic carbocycles. The Bertz CT molecular complexity index is 652. The Morgan fingerprint density at radius 1 is 1.14 bits per heavy atom. The predicted octanol–water partition coefficient (Wildman–Crippen LogP) is 1.53. The number of hydrogen-bond acceptors (Lipinski definition) is 6. The minimum atomic E-state index is -0.125. The van der Waals surface area contributed by atoms with Crippen LogP contribution in [0.3, 0.4) is 0 Å². The van der Waals surface area contributed by atoms with E-state index in [1.165, 1.54) is 0 Å². The van der Waals surface area contributed by atoms with Gasteiger partial charge in [0.25, 0.3) is 0 Å². The second-order valence-corrected chi connectivity index (χ2v) is 8.48. The van der Waals surface area contributed by atoms with Crippen LogP contribution in [-0.4, -0.2) is 76.8 Å². The number of piperazine rings is 1. The standard InChI is InChI=1S/C18H29N5O2S.2ClH/c1-13-20-17(12-26-13)11-21-5-7-22(8-6-21)18(25)15-3-4-16(19)10-23(9-15)14(2)24;;/h12,15-16H,3-11,19H2,1-2H3;2*1H/t15-,16+;;/m1../s1. The zero-order chi connectivity index (χ0) is 18.7. The summed E-state index contributed by atoms with van der Waals surface area (Å²) in [6, 6.07) is -0.0323. The van der Waals surface area contributed by atoms with E-state index in [-0.39, 0.29) is 48.6 Å². The van der Waals surface area contributed by atoms with E-state index in [1.807, 2.05) is 11.8 Å². The molecule has 2 N–H and O–H groups in total. The van der Waals surface area contributed by atoms with Crippen LogP contribution < -0.4 is 5.73 Å². The van der Waals surface area contributed by atoms with Crippen molar-refractivity contribution in [2.75, 3.05) is 39.3 Å². The summed E-state index contributed by atoms with van der Waals surface area (Å²) in [4.78, 5) is 35.3. The van der Waals surface area contributed by atoms with Crippen molar-refractivity contribution < 1.29 is 9.59 Å². The summed E-state index contributed by atoms with van der Waals surface area (Å²) in [6.07, 6.45) is 1.56. The number of likely N-dealkylation sites (tertiary alicyclic amines) is 1. The second kappa shape index (κ2) is 11.3. The van der Waals surface area contributed by atoms with Crippen LogP contribution in [-0.2, 0) is 16.1 Å². The number of nitrogens with zero attached hydrogens (tertiary/aromatic N) is 4. The van der Waals surface area contributed by atoms with Gasteiger partial charge in [-0.1, -0.05) is 0 Å². The van der Waals surface area contributed by atoms with Crippen molar-refractivity contribution >= 4 is 48.0 Å². The van der Waals surface area contributed by atoms with E-state index in [0.717, 1.165) is 56.3 Å². The van der Waals surface area contributed by atoms with E-state index in [4.69, 9.17) is 5.73 Å². The zero-order valence-corrected chi connectivity index (χ0v) is 19.0. The molecule has 1 aromatic rings. The summed E-state index contributed by atoms with van der Waals surface area (Å²) in [5, 5.41) is 3.20. The maximum absolute atomic E-state index is 13.0. The molecular weight excluding hydrogens is 421 g/mol. The molecule has 0 radical (unpaired) electrons. The molecule has 0 saturated carbocycles. The van der Waals surface area contributed by atoms with Gasteiger partial charge in [0.05, 0.1) is 16.6 Å². The Labute approximate surface area is 183 Å². The normalized spacial score (nSPS) is 23.4. The lowest BCUT2D eigenvalue weighted by atomic mass is 10.00. The SMILES string of the molecule is CC(=O)N1C[C@@H](N)CC[C@@H](C(=O)N2CCN(Cc3csc(C)n3)CC2)C1.Cl.Cl. The number of rotatable bonds is 3. The first-order valence-corrected chi connectivity index (χ1v) is 10.2. The van der Waals surface area contributed by atoms with Gasteiger partial charge < -0.3 is 15.5 Å². The number of amides is 2. The molecule has 2 aliphatic heterocycles. The van der Waals surface area contributed by atoms with Gasteiger partial charge in [-0.05, 0) is 19.8 Å². The van der Waals surface area contributed by atoms with Gasteiger partial charge in [-0.25, -0.2) is 4.98 Å². The minimum Gasteiger partial charge on any atom is -0.341 e. The number of aromatic nitrogens is 1. The minimum absolute atomic E-state index is 0. The van der Waals surface area contributed by atoms with Crippen LogP contribution in [0.5, 0.6) is 0 Å². The Morgan fingerprint density at radius 3 is 2.39 bits per heavy atom. The number of hydrogen-bond donors (Lipinski definition) is 1.